The predicted molar refractivity (Wildman–Crippen MR) is 67.5 cm³/mol. The van der Waals surface area contributed by atoms with Crippen LogP contribution < -0.4 is 5.73 Å². The van der Waals surface area contributed by atoms with Crippen LogP contribution in [0.2, 0.25) is 0 Å². The fourth-order valence-electron chi connectivity index (χ4n) is 1.63. The van der Waals surface area contributed by atoms with E-state index in [1.54, 1.807) is 26.1 Å². The Kier molecular flexibility index (Phi) is 5.25. The molecular formula is C13H19FN2O2. The van der Waals surface area contributed by atoms with Gasteiger partial charge >= 0.3 is 0 Å². The van der Waals surface area contributed by atoms with Gasteiger partial charge in [-0.05, 0) is 30.5 Å². The number of carbonyl (C=O) groups is 1. The zero-order valence-electron chi connectivity index (χ0n) is 10.7. The van der Waals surface area contributed by atoms with E-state index in [1.807, 2.05) is 0 Å². The van der Waals surface area contributed by atoms with Crippen LogP contribution in [0.4, 0.5) is 4.39 Å². The number of aliphatic hydroxyl groups excluding tert-OH is 1. The van der Waals surface area contributed by atoms with E-state index < -0.39 is 6.04 Å². The molecule has 0 saturated carbocycles. The normalized spacial score (nSPS) is 12.3. The molecule has 1 aromatic carbocycles. The van der Waals surface area contributed by atoms with Crippen LogP contribution in [0.15, 0.2) is 18.2 Å². The van der Waals surface area contributed by atoms with Gasteiger partial charge in [0.1, 0.15) is 11.9 Å². The van der Waals surface area contributed by atoms with Crippen LogP contribution in [0.5, 0.6) is 0 Å². The monoisotopic (exact) mass is 254 g/mol. The summed E-state index contributed by atoms with van der Waals surface area (Å²) >= 11 is 0. The molecule has 3 N–H and O–H groups in total. The molecule has 0 fully saturated rings. The van der Waals surface area contributed by atoms with E-state index >= 15 is 0 Å². The second-order valence-electron chi connectivity index (χ2n) is 4.38. The molecular weight excluding hydrogens is 235 g/mol. The van der Waals surface area contributed by atoms with Crippen molar-refractivity contribution < 1.29 is 14.3 Å². The Morgan fingerprint density at radius 1 is 1.56 bits per heavy atom. The highest BCUT2D eigenvalue weighted by molar-refractivity contribution is 5.81. The van der Waals surface area contributed by atoms with Crippen molar-refractivity contribution >= 4 is 5.91 Å². The average Bonchev–Trinajstić information content (AvgIpc) is 2.37. The zero-order valence-corrected chi connectivity index (χ0v) is 10.7. The summed E-state index contributed by atoms with van der Waals surface area (Å²) in [5, 5.41) is 8.79. The summed E-state index contributed by atoms with van der Waals surface area (Å²) in [4.78, 5) is 13.1. The Labute approximate surface area is 106 Å². The summed E-state index contributed by atoms with van der Waals surface area (Å²) in [6, 6.07) is 4.02. The van der Waals surface area contributed by atoms with Gasteiger partial charge in [-0.3, -0.25) is 4.79 Å². The molecule has 0 aromatic heterocycles. The Morgan fingerprint density at radius 3 is 2.78 bits per heavy atom. The zero-order chi connectivity index (χ0) is 13.7. The third kappa shape index (κ3) is 3.78. The number of rotatable bonds is 5. The van der Waals surface area contributed by atoms with Gasteiger partial charge in [-0.15, -0.1) is 0 Å². The molecule has 1 aromatic rings. The van der Waals surface area contributed by atoms with E-state index in [4.69, 9.17) is 10.8 Å². The van der Waals surface area contributed by atoms with Gasteiger partial charge in [0.25, 0.3) is 0 Å². The lowest BCUT2D eigenvalue weighted by molar-refractivity contribution is -0.132. The maximum atomic E-state index is 13.1. The highest BCUT2D eigenvalue weighted by atomic mass is 19.1. The van der Waals surface area contributed by atoms with Crippen LogP contribution in [0.25, 0.3) is 0 Å². The van der Waals surface area contributed by atoms with E-state index in [0.717, 1.165) is 5.56 Å². The van der Waals surface area contributed by atoms with Crippen LogP contribution in [0.3, 0.4) is 0 Å². The number of aryl methyl sites for hydroxylation is 1. The number of amides is 1. The molecule has 0 aliphatic rings. The fourth-order valence-corrected chi connectivity index (χ4v) is 1.63. The number of aliphatic hydroxyl groups is 1. The van der Waals surface area contributed by atoms with Crippen LogP contribution in [-0.2, 0) is 11.2 Å². The number of halogens is 1. The molecule has 5 heteroatoms. The molecule has 0 spiro atoms. The molecule has 0 aliphatic heterocycles. The lowest BCUT2D eigenvalue weighted by Gasteiger charge is -2.20. The summed E-state index contributed by atoms with van der Waals surface area (Å²) < 4.78 is 13.1. The molecule has 1 rings (SSSR count). The highest BCUT2D eigenvalue weighted by Gasteiger charge is 2.16. The van der Waals surface area contributed by atoms with Crippen molar-refractivity contribution in [1.29, 1.82) is 0 Å². The number of benzene rings is 1. The minimum absolute atomic E-state index is 0.231. The topological polar surface area (TPSA) is 66.6 Å². The summed E-state index contributed by atoms with van der Waals surface area (Å²) in [7, 11) is 1.63. The summed E-state index contributed by atoms with van der Waals surface area (Å²) in [6.45, 7) is 1.83. The maximum Gasteiger partial charge on any atom is 0.241 e. The van der Waals surface area contributed by atoms with Gasteiger partial charge in [0, 0.05) is 13.6 Å². The SMILES string of the molecule is Cc1cc(CCN(C)C(=O)C(N)CO)ccc1F. The van der Waals surface area contributed by atoms with Gasteiger partial charge in [0.15, 0.2) is 0 Å². The first-order chi connectivity index (χ1) is 8.45. The average molecular weight is 254 g/mol. The second-order valence-corrected chi connectivity index (χ2v) is 4.38. The Balaban J connectivity index is 2.54. The third-order valence-corrected chi connectivity index (χ3v) is 2.85. The fraction of sp³-hybridized carbons (Fsp3) is 0.462. The Hall–Kier alpha value is -1.46. The van der Waals surface area contributed by atoms with Gasteiger partial charge in [-0.1, -0.05) is 12.1 Å². The van der Waals surface area contributed by atoms with Crippen LogP contribution in [0.1, 0.15) is 11.1 Å². The van der Waals surface area contributed by atoms with E-state index in [-0.39, 0.29) is 18.3 Å². The van der Waals surface area contributed by atoms with Gasteiger partial charge in [-0.2, -0.15) is 0 Å². The van der Waals surface area contributed by atoms with Gasteiger partial charge in [-0.25, -0.2) is 4.39 Å². The second kappa shape index (κ2) is 6.47. The van der Waals surface area contributed by atoms with Crippen molar-refractivity contribution in [2.75, 3.05) is 20.2 Å². The van der Waals surface area contributed by atoms with Crippen LogP contribution in [0, 0.1) is 12.7 Å². The Morgan fingerprint density at radius 2 is 2.22 bits per heavy atom. The first-order valence-electron chi connectivity index (χ1n) is 5.82. The summed E-state index contributed by atoms with van der Waals surface area (Å²) in [5.74, 6) is -0.526. The molecule has 0 bridgehead atoms. The van der Waals surface area contributed by atoms with Crippen molar-refractivity contribution in [2.45, 2.75) is 19.4 Å². The summed E-state index contributed by atoms with van der Waals surface area (Å²) in [5.41, 5.74) is 6.99. The standard InChI is InChI=1S/C13H19FN2O2/c1-9-7-10(3-4-11(9)14)5-6-16(2)13(18)12(15)8-17/h3-4,7,12,17H,5-6,8,15H2,1-2H3. The lowest BCUT2D eigenvalue weighted by atomic mass is 10.1. The summed E-state index contributed by atoms with van der Waals surface area (Å²) in [6.07, 6.45) is 0.626. The minimum atomic E-state index is -0.870. The first kappa shape index (κ1) is 14.6. The number of nitrogens with two attached hydrogens (primary N) is 1. The number of hydrogen-bond donors (Lipinski definition) is 2. The largest absolute Gasteiger partial charge is 0.394 e. The molecule has 0 aliphatic carbocycles. The maximum absolute atomic E-state index is 13.1. The molecule has 1 unspecified atom stereocenters. The third-order valence-electron chi connectivity index (χ3n) is 2.85. The molecule has 1 atom stereocenters. The van der Waals surface area contributed by atoms with Gasteiger partial charge < -0.3 is 15.7 Å². The molecule has 1 amide bonds. The molecule has 0 heterocycles. The van der Waals surface area contributed by atoms with Gasteiger partial charge in [0.2, 0.25) is 5.91 Å². The molecule has 100 valence electrons. The van der Waals surface area contributed by atoms with Crippen molar-refractivity contribution in [3.63, 3.8) is 0 Å². The molecule has 4 nitrogen and oxygen atoms in total. The van der Waals surface area contributed by atoms with Crippen molar-refractivity contribution in [3.05, 3.63) is 35.1 Å². The predicted octanol–water partition coefficient (Wildman–Crippen LogP) is 0.455. The van der Waals surface area contributed by atoms with Gasteiger partial charge in [0.05, 0.1) is 6.61 Å². The van der Waals surface area contributed by atoms with Crippen molar-refractivity contribution in [2.24, 2.45) is 5.73 Å². The quantitative estimate of drug-likeness (QED) is 0.802. The van der Waals surface area contributed by atoms with Crippen molar-refractivity contribution in [1.82, 2.24) is 4.90 Å². The number of hydrogen-bond acceptors (Lipinski definition) is 3. The molecule has 18 heavy (non-hydrogen) atoms. The van der Waals surface area contributed by atoms with Crippen LogP contribution in [-0.4, -0.2) is 42.2 Å². The smallest absolute Gasteiger partial charge is 0.241 e. The van der Waals surface area contributed by atoms with E-state index in [9.17, 15) is 9.18 Å². The number of likely N-dealkylation sites (N-methyl/N-ethyl adjacent to an activating group) is 1. The van der Waals surface area contributed by atoms with E-state index in [1.165, 1.54) is 11.0 Å². The minimum Gasteiger partial charge on any atom is -0.394 e. The first-order valence-corrected chi connectivity index (χ1v) is 5.82. The van der Waals surface area contributed by atoms with Crippen molar-refractivity contribution in [3.8, 4) is 0 Å². The molecule has 0 saturated heterocycles. The van der Waals surface area contributed by atoms with E-state index in [0.29, 0.717) is 18.5 Å². The number of nitrogens with zero attached hydrogens (tertiary/aromatic N) is 1. The molecule has 0 radical (unpaired) electrons. The lowest BCUT2D eigenvalue weighted by Crippen LogP contribution is -2.44. The van der Waals surface area contributed by atoms with E-state index in [2.05, 4.69) is 0 Å². The van der Waals surface area contributed by atoms with Crippen LogP contribution >= 0.6 is 0 Å². The number of carbonyl (C=O) groups excluding carboxylic acids is 1. The Bertz CT molecular complexity index is 423. The highest BCUT2D eigenvalue weighted by Crippen LogP contribution is 2.10.